The predicted molar refractivity (Wildman–Crippen MR) is 64.1 cm³/mol. The average molecular weight is 249 g/mol. The van der Waals surface area contributed by atoms with Gasteiger partial charge in [0.1, 0.15) is 0 Å². The first kappa shape index (κ1) is 14.0. The molecule has 0 N–H and O–H groups in total. The van der Waals surface area contributed by atoms with E-state index in [2.05, 4.69) is 5.92 Å². The van der Waals surface area contributed by atoms with Gasteiger partial charge in [-0.15, -0.1) is 6.42 Å². The molecule has 5 nitrogen and oxygen atoms in total. The topological polar surface area (TPSA) is 63.7 Å². The highest BCUT2D eigenvalue weighted by molar-refractivity contribution is 6.12. The van der Waals surface area contributed by atoms with Crippen LogP contribution in [0.1, 0.15) is 25.7 Å². The van der Waals surface area contributed by atoms with Crippen LogP contribution in [-0.2, 0) is 19.1 Å². The first-order valence-electron chi connectivity index (χ1n) is 5.78. The van der Waals surface area contributed by atoms with E-state index in [4.69, 9.17) is 11.2 Å². The Morgan fingerprint density at radius 2 is 1.89 bits per heavy atom. The van der Waals surface area contributed by atoms with E-state index in [1.807, 2.05) is 0 Å². The van der Waals surface area contributed by atoms with Gasteiger partial charge < -0.3 is 4.74 Å². The summed E-state index contributed by atoms with van der Waals surface area (Å²) in [6.07, 6.45) is 9.87. The van der Waals surface area contributed by atoms with Gasteiger partial charge >= 0.3 is 5.97 Å². The molecule has 2 amide bonds. The summed E-state index contributed by atoms with van der Waals surface area (Å²) >= 11 is 0. The van der Waals surface area contributed by atoms with Crippen LogP contribution in [0.5, 0.6) is 0 Å². The molecule has 0 saturated carbocycles. The smallest absolute Gasteiger partial charge is 0.306 e. The third-order valence-electron chi connectivity index (χ3n) is 2.48. The molecule has 0 spiro atoms. The number of rotatable bonds is 7. The van der Waals surface area contributed by atoms with Gasteiger partial charge in [0.2, 0.25) is 0 Å². The van der Waals surface area contributed by atoms with Crippen LogP contribution >= 0.6 is 0 Å². The van der Waals surface area contributed by atoms with E-state index in [9.17, 15) is 14.4 Å². The Balaban J connectivity index is 2.06. The van der Waals surface area contributed by atoms with Crippen molar-refractivity contribution >= 4 is 17.8 Å². The van der Waals surface area contributed by atoms with Crippen LogP contribution < -0.4 is 0 Å². The van der Waals surface area contributed by atoms with Crippen molar-refractivity contribution in [2.24, 2.45) is 0 Å². The monoisotopic (exact) mass is 249 g/mol. The summed E-state index contributed by atoms with van der Waals surface area (Å²) in [4.78, 5) is 34.7. The number of amides is 2. The lowest BCUT2D eigenvalue weighted by Gasteiger charge is -2.12. The molecule has 0 aliphatic carbocycles. The van der Waals surface area contributed by atoms with Crippen LogP contribution in [0, 0.1) is 12.3 Å². The molecule has 0 aromatic rings. The van der Waals surface area contributed by atoms with E-state index in [0.29, 0.717) is 25.8 Å². The summed E-state index contributed by atoms with van der Waals surface area (Å²) < 4.78 is 4.70. The highest BCUT2D eigenvalue weighted by atomic mass is 16.5. The van der Waals surface area contributed by atoms with Crippen molar-refractivity contribution in [3.63, 3.8) is 0 Å². The van der Waals surface area contributed by atoms with Crippen molar-refractivity contribution in [1.82, 2.24) is 4.90 Å². The van der Waals surface area contributed by atoms with Crippen molar-refractivity contribution in [2.75, 3.05) is 13.2 Å². The first-order chi connectivity index (χ1) is 8.65. The van der Waals surface area contributed by atoms with E-state index in [1.165, 1.54) is 17.1 Å². The molecule has 0 aromatic carbocycles. The number of hydrogen-bond donors (Lipinski definition) is 0. The number of ether oxygens (including phenoxy) is 1. The summed E-state index contributed by atoms with van der Waals surface area (Å²) in [6, 6.07) is 0. The summed E-state index contributed by atoms with van der Waals surface area (Å²) in [5, 5.41) is 0. The number of carbonyl (C=O) groups is 3. The summed E-state index contributed by atoms with van der Waals surface area (Å²) in [6.45, 7) is 0.394. The molecule has 0 aromatic heterocycles. The second kappa shape index (κ2) is 7.28. The summed E-state index contributed by atoms with van der Waals surface area (Å²) in [5.74, 6) is 1.36. The maximum absolute atomic E-state index is 11.2. The number of unbranched alkanes of at least 4 members (excludes halogenated alkanes) is 2. The fraction of sp³-hybridized carbons (Fsp3) is 0.462. The van der Waals surface area contributed by atoms with Crippen molar-refractivity contribution in [3.8, 4) is 12.3 Å². The maximum atomic E-state index is 11.2. The number of imide groups is 1. The first-order valence-corrected chi connectivity index (χ1v) is 5.78. The molecular weight excluding hydrogens is 234 g/mol. The van der Waals surface area contributed by atoms with Crippen LogP contribution in [0.4, 0.5) is 0 Å². The Hall–Kier alpha value is -2.09. The lowest BCUT2D eigenvalue weighted by molar-refractivity contribution is -0.142. The molecule has 0 atom stereocenters. The Morgan fingerprint density at radius 3 is 2.50 bits per heavy atom. The highest BCUT2D eigenvalue weighted by Crippen LogP contribution is 2.07. The van der Waals surface area contributed by atoms with Gasteiger partial charge in [-0.25, -0.2) is 0 Å². The maximum Gasteiger partial charge on any atom is 0.306 e. The zero-order chi connectivity index (χ0) is 13.4. The van der Waals surface area contributed by atoms with Gasteiger partial charge in [-0.05, 0) is 12.8 Å². The zero-order valence-electron chi connectivity index (χ0n) is 10.1. The van der Waals surface area contributed by atoms with Gasteiger partial charge in [0.15, 0.2) is 6.61 Å². The summed E-state index contributed by atoms with van der Waals surface area (Å²) in [5.41, 5.74) is 0. The van der Waals surface area contributed by atoms with Gasteiger partial charge in [-0.1, -0.05) is 12.3 Å². The molecule has 96 valence electrons. The molecule has 1 rings (SSSR count). The number of carbonyl (C=O) groups excluding carboxylic acids is 3. The van der Waals surface area contributed by atoms with Crippen LogP contribution in [0.25, 0.3) is 0 Å². The number of hydrogen-bond acceptors (Lipinski definition) is 4. The van der Waals surface area contributed by atoms with E-state index in [-0.39, 0.29) is 24.4 Å². The fourth-order valence-corrected chi connectivity index (χ4v) is 1.56. The van der Waals surface area contributed by atoms with Gasteiger partial charge in [-0.2, -0.15) is 0 Å². The van der Waals surface area contributed by atoms with E-state index < -0.39 is 0 Å². The Bertz CT molecular complexity index is 388. The largest absolute Gasteiger partial charge is 0.452 e. The molecule has 0 bridgehead atoms. The quantitative estimate of drug-likeness (QED) is 0.287. The Kier molecular flexibility index (Phi) is 5.65. The van der Waals surface area contributed by atoms with Crippen LogP contribution in [-0.4, -0.2) is 35.8 Å². The normalized spacial score (nSPS) is 13.8. The third-order valence-corrected chi connectivity index (χ3v) is 2.48. The third kappa shape index (κ3) is 4.42. The second-order valence-electron chi connectivity index (χ2n) is 3.84. The van der Waals surface area contributed by atoms with E-state index in [1.54, 1.807) is 0 Å². The molecule has 1 aliphatic rings. The molecule has 1 heterocycles. The van der Waals surface area contributed by atoms with Crippen molar-refractivity contribution < 1.29 is 19.1 Å². The van der Waals surface area contributed by atoms with Gasteiger partial charge in [0, 0.05) is 25.1 Å². The zero-order valence-corrected chi connectivity index (χ0v) is 10.1. The van der Waals surface area contributed by atoms with E-state index >= 15 is 0 Å². The minimum absolute atomic E-state index is 0.00127. The number of esters is 1. The summed E-state index contributed by atoms with van der Waals surface area (Å²) in [7, 11) is 0. The minimum Gasteiger partial charge on any atom is -0.452 e. The Morgan fingerprint density at radius 1 is 1.22 bits per heavy atom. The van der Waals surface area contributed by atoms with Gasteiger partial charge in [0.05, 0.1) is 0 Å². The molecule has 5 heteroatoms. The van der Waals surface area contributed by atoms with Crippen molar-refractivity contribution in [2.45, 2.75) is 25.7 Å². The minimum atomic E-state index is -0.317. The fourth-order valence-electron chi connectivity index (χ4n) is 1.56. The second-order valence-corrected chi connectivity index (χ2v) is 3.84. The molecular formula is C13H15NO4. The molecule has 0 fully saturated rings. The van der Waals surface area contributed by atoms with Crippen molar-refractivity contribution in [3.05, 3.63) is 12.2 Å². The van der Waals surface area contributed by atoms with Crippen LogP contribution in [0.15, 0.2) is 12.2 Å². The molecule has 1 aliphatic heterocycles. The number of terminal acetylenes is 1. The number of nitrogens with zero attached hydrogens (tertiary/aromatic N) is 1. The van der Waals surface area contributed by atoms with Crippen LogP contribution in [0.3, 0.4) is 0 Å². The van der Waals surface area contributed by atoms with Gasteiger partial charge in [0.25, 0.3) is 11.8 Å². The molecule has 0 unspecified atom stereocenters. The van der Waals surface area contributed by atoms with Crippen molar-refractivity contribution in [1.29, 1.82) is 0 Å². The lowest BCUT2D eigenvalue weighted by atomic mass is 10.2. The lowest BCUT2D eigenvalue weighted by Crippen LogP contribution is -2.30. The Labute approximate surface area is 106 Å². The predicted octanol–water partition coefficient (Wildman–Crippen LogP) is 0.648. The van der Waals surface area contributed by atoms with Crippen LogP contribution in [0.2, 0.25) is 0 Å². The standard InChI is InChI=1S/C13H15NO4/c1-2-10-18-13(17)6-4-3-5-9-14-11(15)7-8-12(14)16/h1,7-8H,3-6,9-10H2. The molecule has 18 heavy (non-hydrogen) atoms. The van der Waals surface area contributed by atoms with E-state index in [0.717, 1.165) is 6.42 Å². The molecule has 0 radical (unpaired) electrons. The molecule has 0 saturated heterocycles. The highest BCUT2D eigenvalue weighted by Gasteiger charge is 2.22. The SMILES string of the molecule is C#CCOC(=O)CCCCCN1C(=O)C=CC1=O. The average Bonchev–Trinajstić information content (AvgIpc) is 2.67. The van der Waals surface area contributed by atoms with Gasteiger partial charge in [-0.3, -0.25) is 19.3 Å².